The van der Waals surface area contributed by atoms with Gasteiger partial charge in [0, 0.05) is 6.07 Å². The van der Waals surface area contributed by atoms with Gasteiger partial charge < -0.3 is 0 Å². The van der Waals surface area contributed by atoms with Gasteiger partial charge in [-0.2, -0.15) is 0 Å². The van der Waals surface area contributed by atoms with Crippen LogP contribution in [0.25, 0.3) is 0 Å². The number of Topliss-reactive ketones (excluding diaryl/α,β-unsaturated/α-hetero) is 1. The first-order valence-corrected chi connectivity index (χ1v) is 4.93. The second-order valence-electron chi connectivity index (χ2n) is 2.97. The fourth-order valence-corrected chi connectivity index (χ4v) is 1.35. The Balaban J connectivity index is 3.20. The normalized spacial score (nSPS) is 12.2. The highest BCUT2D eigenvalue weighted by molar-refractivity contribution is 9.09. The molecule has 0 aliphatic rings. The summed E-state index contributed by atoms with van der Waals surface area (Å²) in [5.41, 5.74) is -0.120. The number of benzene rings is 1. The lowest BCUT2D eigenvalue weighted by Crippen LogP contribution is -2.02. The van der Waals surface area contributed by atoms with Crippen LogP contribution in [0.4, 0.5) is 10.1 Å². The fourth-order valence-electron chi connectivity index (χ4n) is 1.08. The van der Waals surface area contributed by atoms with Gasteiger partial charge in [0.05, 0.1) is 15.8 Å². The van der Waals surface area contributed by atoms with E-state index in [1.165, 1.54) is 13.0 Å². The standard InChI is InChI=1S/C9H7BrFNO3/c1-5(13)9(10)6-2-7(11)4-8(3-6)12(14)15/h2-4,9H,1H3. The van der Waals surface area contributed by atoms with E-state index in [0.717, 1.165) is 12.1 Å². The molecule has 0 saturated carbocycles. The van der Waals surface area contributed by atoms with Crippen LogP contribution < -0.4 is 0 Å². The number of nitro groups is 1. The molecule has 1 atom stereocenters. The third kappa shape index (κ3) is 2.82. The molecule has 0 saturated heterocycles. The summed E-state index contributed by atoms with van der Waals surface area (Å²) in [4.78, 5) is 20.0. The monoisotopic (exact) mass is 275 g/mol. The third-order valence-electron chi connectivity index (χ3n) is 1.77. The summed E-state index contributed by atoms with van der Waals surface area (Å²) in [7, 11) is 0. The third-order valence-corrected chi connectivity index (χ3v) is 2.94. The van der Waals surface area contributed by atoms with E-state index >= 15 is 0 Å². The molecule has 1 aromatic carbocycles. The molecule has 1 unspecified atom stereocenters. The zero-order valence-corrected chi connectivity index (χ0v) is 9.32. The van der Waals surface area contributed by atoms with Crippen molar-refractivity contribution in [2.24, 2.45) is 0 Å². The van der Waals surface area contributed by atoms with Crippen molar-refractivity contribution in [1.29, 1.82) is 0 Å². The molecule has 0 aromatic heterocycles. The van der Waals surface area contributed by atoms with E-state index in [-0.39, 0.29) is 17.0 Å². The molecule has 0 heterocycles. The SMILES string of the molecule is CC(=O)C(Br)c1cc(F)cc([N+](=O)[O-])c1. The molecule has 0 radical (unpaired) electrons. The number of rotatable bonds is 3. The van der Waals surface area contributed by atoms with Crippen molar-refractivity contribution >= 4 is 27.4 Å². The number of non-ortho nitro benzene ring substituents is 1. The van der Waals surface area contributed by atoms with Crippen molar-refractivity contribution in [3.8, 4) is 0 Å². The Morgan fingerprint density at radius 2 is 2.13 bits per heavy atom. The summed E-state index contributed by atoms with van der Waals surface area (Å²) in [5, 5.41) is 10.4. The summed E-state index contributed by atoms with van der Waals surface area (Å²) < 4.78 is 13.0. The number of nitro benzene ring substituents is 1. The first kappa shape index (κ1) is 11.8. The number of ketones is 1. The van der Waals surface area contributed by atoms with E-state index in [4.69, 9.17) is 0 Å². The average Bonchev–Trinajstić information content (AvgIpc) is 2.15. The maximum atomic E-state index is 13.0. The number of hydrogen-bond acceptors (Lipinski definition) is 3. The van der Waals surface area contributed by atoms with Crippen molar-refractivity contribution in [2.75, 3.05) is 0 Å². The van der Waals surface area contributed by atoms with Crippen molar-refractivity contribution in [3.05, 3.63) is 39.7 Å². The first-order valence-electron chi connectivity index (χ1n) is 4.01. The topological polar surface area (TPSA) is 60.2 Å². The Kier molecular flexibility index (Phi) is 3.52. The van der Waals surface area contributed by atoms with E-state index < -0.39 is 15.6 Å². The molecule has 6 heteroatoms. The molecule has 15 heavy (non-hydrogen) atoms. The maximum Gasteiger partial charge on any atom is 0.272 e. The molecular formula is C9H7BrFNO3. The van der Waals surface area contributed by atoms with Crippen LogP contribution in [0.15, 0.2) is 18.2 Å². The minimum atomic E-state index is -0.732. The fraction of sp³-hybridized carbons (Fsp3) is 0.222. The lowest BCUT2D eigenvalue weighted by Gasteiger charge is -2.05. The molecule has 0 N–H and O–H groups in total. The lowest BCUT2D eigenvalue weighted by molar-refractivity contribution is -0.385. The summed E-state index contributed by atoms with van der Waals surface area (Å²) >= 11 is 3.03. The van der Waals surface area contributed by atoms with Crippen LogP contribution in [0.5, 0.6) is 0 Å². The van der Waals surface area contributed by atoms with Crippen LogP contribution in [-0.4, -0.2) is 10.7 Å². The zero-order valence-electron chi connectivity index (χ0n) is 7.74. The molecule has 0 aliphatic carbocycles. The highest BCUT2D eigenvalue weighted by Gasteiger charge is 2.17. The Labute approximate surface area is 93.4 Å². The van der Waals surface area contributed by atoms with Gasteiger partial charge in [-0.3, -0.25) is 14.9 Å². The van der Waals surface area contributed by atoms with Gasteiger partial charge in [-0.1, -0.05) is 15.9 Å². The predicted octanol–water partition coefficient (Wildman–Crippen LogP) is 2.76. The molecule has 0 aliphatic heterocycles. The molecule has 4 nitrogen and oxygen atoms in total. The van der Waals surface area contributed by atoms with Gasteiger partial charge in [-0.05, 0) is 18.6 Å². The van der Waals surface area contributed by atoms with Crippen molar-refractivity contribution in [1.82, 2.24) is 0 Å². The summed E-state index contributed by atoms with van der Waals surface area (Å²) in [6.45, 7) is 1.32. The van der Waals surface area contributed by atoms with Gasteiger partial charge in [-0.15, -0.1) is 0 Å². The van der Waals surface area contributed by atoms with E-state index in [1.54, 1.807) is 0 Å². The van der Waals surface area contributed by atoms with Crippen LogP contribution in [0.2, 0.25) is 0 Å². The second-order valence-corrected chi connectivity index (χ2v) is 3.89. The van der Waals surface area contributed by atoms with Gasteiger partial charge in [0.25, 0.3) is 5.69 Å². The van der Waals surface area contributed by atoms with E-state index in [2.05, 4.69) is 15.9 Å². The summed E-state index contributed by atoms with van der Waals surface area (Å²) in [5.74, 6) is -0.972. The Morgan fingerprint density at radius 3 is 2.60 bits per heavy atom. The van der Waals surface area contributed by atoms with Crippen molar-refractivity contribution < 1.29 is 14.1 Å². The van der Waals surface area contributed by atoms with E-state index in [9.17, 15) is 19.3 Å². The average molecular weight is 276 g/mol. The van der Waals surface area contributed by atoms with Crippen LogP contribution in [0, 0.1) is 15.9 Å². The second kappa shape index (κ2) is 4.48. The minimum absolute atomic E-state index is 0.241. The summed E-state index contributed by atoms with van der Waals surface area (Å²) in [6.07, 6.45) is 0. The lowest BCUT2D eigenvalue weighted by atomic mass is 10.1. The Hall–Kier alpha value is -1.30. The maximum absolute atomic E-state index is 13.0. The quantitative estimate of drug-likeness (QED) is 0.484. The molecule has 1 aromatic rings. The Morgan fingerprint density at radius 1 is 1.53 bits per heavy atom. The number of carbonyl (C=O) groups excluding carboxylic acids is 1. The molecule has 0 amide bonds. The van der Waals surface area contributed by atoms with Crippen LogP contribution in [-0.2, 0) is 4.79 Å². The molecule has 0 fully saturated rings. The molecule has 0 spiro atoms. The predicted molar refractivity (Wildman–Crippen MR) is 55.4 cm³/mol. The number of nitrogens with zero attached hydrogens (tertiary/aromatic N) is 1. The van der Waals surface area contributed by atoms with Gasteiger partial charge in [0.1, 0.15) is 11.6 Å². The molecular weight excluding hydrogens is 269 g/mol. The van der Waals surface area contributed by atoms with Crippen molar-refractivity contribution in [2.45, 2.75) is 11.8 Å². The largest absolute Gasteiger partial charge is 0.298 e. The van der Waals surface area contributed by atoms with Crippen LogP contribution in [0.3, 0.4) is 0 Å². The minimum Gasteiger partial charge on any atom is -0.298 e. The highest BCUT2D eigenvalue weighted by atomic mass is 79.9. The van der Waals surface area contributed by atoms with Gasteiger partial charge in [0.15, 0.2) is 0 Å². The number of carbonyl (C=O) groups is 1. The number of hydrogen-bond donors (Lipinski definition) is 0. The van der Waals surface area contributed by atoms with E-state index in [1.807, 2.05) is 0 Å². The smallest absolute Gasteiger partial charge is 0.272 e. The molecule has 80 valence electrons. The van der Waals surface area contributed by atoms with E-state index in [0.29, 0.717) is 0 Å². The Bertz CT molecular complexity index is 422. The van der Waals surface area contributed by atoms with Crippen molar-refractivity contribution in [3.63, 3.8) is 0 Å². The van der Waals surface area contributed by atoms with Crippen LogP contribution in [0.1, 0.15) is 17.3 Å². The van der Waals surface area contributed by atoms with Gasteiger partial charge in [0.2, 0.25) is 0 Å². The first-order chi connectivity index (χ1) is 6.91. The zero-order chi connectivity index (χ0) is 11.6. The van der Waals surface area contributed by atoms with Gasteiger partial charge >= 0.3 is 0 Å². The molecule has 1 rings (SSSR count). The summed E-state index contributed by atoms with van der Waals surface area (Å²) in [6, 6.07) is 3.07. The number of halogens is 2. The molecule has 0 bridgehead atoms. The number of alkyl halides is 1. The highest BCUT2D eigenvalue weighted by Crippen LogP contribution is 2.27. The van der Waals surface area contributed by atoms with Crippen LogP contribution >= 0.6 is 15.9 Å². The van der Waals surface area contributed by atoms with Gasteiger partial charge in [-0.25, -0.2) is 4.39 Å².